The zero-order chi connectivity index (χ0) is 14.8. The van der Waals surface area contributed by atoms with Gasteiger partial charge in [-0.2, -0.15) is 0 Å². The molecule has 0 aromatic heterocycles. The van der Waals surface area contributed by atoms with Crippen LogP contribution in [-0.4, -0.2) is 66.8 Å². The van der Waals surface area contributed by atoms with Gasteiger partial charge in [0.2, 0.25) is 0 Å². The van der Waals surface area contributed by atoms with Crippen molar-refractivity contribution >= 4 is 0 Å². The molecule has 0 bridgehead atoms. The van der Waals surface area contributed by atoms with Gasteiger partial charge in [0.15, 0.2) is 0 Å². The van der Waals surface area contributed by atoms with Crippen LogP contribution >= 0.6 is 0 Å². The highest BCUT2D eigenvalue weighted by Crippen LogP contribution is 2.35. The van der Waals surface area contributed by atoms with Crippen molar-refractivity contribution in [3.63, 3.8) is 0 Å². The first-order valence-corrected chi connectivity index (χ1v) is 8.31. The standard InChI is InChI=1S/C16H33N3O/c1-5-19-8-6-15(7-9-19)18(4)16(12-17)10-13(2)20-14(3)11-16/h13-15H,5-12,17H2,1-4H3. The number of hydrogen-bond donors (Lipinski definition) is 1. The molecule has 0 spiro atoms. The van der Waals surface area contributed by atoms with Crippen LogP contribution in [0.4, 0.5) is 0 Å². The van der Waals surface area contributed by atoms with E-state index in [2.05, 4.69) is 37.6 Å². The maximum atomic E-state index is 6.22. The third-order valence-electron chi connectivity index (χ3n) is 5.48. The molecule has 2 saturated heterocycles. The summed E-state index contributed by atoms with van der Waals surface area (Å²) in [6.45, 7) is 11.0. The molecule has 0 saturated carbocycles. The lowest BCUT2D eigenvalue weighted by Gasteiger charge is -2.52. The van der Waals surface area contributed by atoms with Crippen molar-refractivity contribution in [2.75, 3.05) is 33.2 Å². The first kappa shape index (κ1) is 16.2. The van der Waals surface area contributed by atoms with E-state index in [4.69, 9.17) is 10.5 Å². The number of likely N-dealkylation sites (N-methyl/N-ethyl adjacent to an activating group) is 1. The summed E-state index contributed by atoms with van der Waals surface area (Å²) in [6, 6.07) is 0.679. The van der Waals surface area contributed by atoms with E-state index in [0.717, 1.165) is 19.4 Å². The third kappa shape index (κ3) is 3.35. The van der Waals surface area contributed by atoms with Gasteiger partial charge in [0, 0.05) is 18.1 Å². The Morgan fingerprint density at radius 3 is 2.20 bits per heavy atom. The Bertz CT molecular complexity index is 292. The summed E-state index contributed by atoms with van der Waals surface area (Å²) in [5.74, 6) is 0. The lowest BCUT2D eigenvalue weighted by molar-refractivity contribution is -0.110. The molecule has 2 fully saturated rings. The number of nitrogens with two attached hydrogens (primary N) is 1. The van der Waals surface area contributed by atoms with Crippen LogP contribution in [0.1, 0.15) is 46.5 Å². The number of rotatable bonds is 4. The molecular weight excluding hydrogens is 250 g/mol. The highest BCUT2D eigenvalue weighted by Gasteiger charge is 2.43. The van der Waals surface area contributed by atoms with Gasteiger partial charge in [-0.15, -0.1) is 0 Å². The van der Waals surface area contributed by atoms with Crippen LogP contribution in [0.15, 0.2) is 0 Å². The number of piperidine rings is 1. The van der Waals surface area contributed by atoms with Crippen molar-refractivity contribution < 1.29 is 4.74 Å². The van der Waals surface area contributed by atoms with Gasteiger partial charge in [-0.1, -0.05) is 6.92 Å². The van der Waals surface area contributed by atoms with Crippen molar-refractivity contribution in [2.24, 2.45) is 5.73 Å². The van der Waals surface area contributed by atoms with Crippen LogP contribution in [0.3, 0.4) is 0 Å². The summed E-state index contributed by atoms with van der Waals surface area (Å²) < 4.78 is 5.92. The van der Waals surface area contributed by atoms with Gasteiger partial charge in [0.1, 0.15) is 0 Å². The molecule has 4 heteroatoms. The minimum absolute atomic E-state index is 0.135. The van der Waals surface area contributed by atoms with Crippen LogP contribution in [-0.2, 0) is 4.74 Å². The largest absolute Gasteiger partial charge is 0.375 e. The monoisotopic (exact) mass is 283 g/mol. The summed E-state index contributed by atoms with van der Waals surface area (Å²) in [5, 5.41) is 0. The van der Waals surface area contributed by atoms with Gasteiger partial charge in [-0.25, -0.2) is 0 Å². The second-order valence-electron chi connectivity index (χ2n) is 6.87. The van der Waals surface area contributed by atoms with Gasteiger partial charge in [-0.05, 0) is 66.2 Å². The summed E-state index contributed by atoms with van der Waals surface area (Å²) >= 11 is 0. The predicted octanol–water partition coefficient (Wildman–Crippen LogP) is 1.69. The van der Waals surface area contributed by atoms with E-state index < -0.39 is 0 Å². The Morgan fingerprint density at radius 2 is 1.75 bits per heavy atom. The lowest BCUT2D eigenvalue weighted by Crippen LogP contribution is -2.62. The van der Waals surface area contributed by atoms with E-state index >= 15 is 0 Å². The van der Waals surface area contributed by atoms with Gasteiger partial charge in [0.05, 0.1) is 12.2 Å². The van der Waals surface area contributed by atoms with E-state index in [1.54, 1.807) is 0 Å². The van der Waals surface area contributed by atoms with Gasteiger partial charge < -0.3 is 15.4 Å². The summed E-state index contributed by atoms with van der Waals surface area (Å²) in [5.41, 5.74) is 6.35. The fraction of sp³-hybridized carbons (Fsp3) is 1.00. The first-order chi connectivity index (χ1) is 9.50. The highest BCUT2D eigenvalue weighted by molar-refractivity contribution is 4.99. The predicted molar refractivity (Wildman–Crippen MR) is 83.9 cm³/mol. The smallest absolute Gasteiger partial charge is 0.0568 e. The average molecular weight is 283 g/mol. The minimum Gasteiger partial charge on any atom is -0.375 e. The SMILES string of the molecule is CCN1CCC(N(C)C2(CN)CC(C)OC(C)C2)CC1. The van der Waals surface area contributed by atoms with Crippen molar-refractivity contribution in [1.82, 2.24) is 9.80 Å². The number of nitrogens with zero attached hydrogens (tertiary/aromatic N) is 2. The first-order valence-electron chi connectivity index (χ1n) is 8.31. The molecule has 2 aliphatic rings. The minimum atomic E-state index is 0.135. The van der Waals surface area contributed by atoms with Crippen LogP contribution < -0.4 is 5.73 Å². The Kier molecular flexibility index (Phi) is 5.46. The molecule has 20 heavy (non-hydrogen) atoms. The Hall–Kier alpha value is -0.160. The fourth-order valence-corrected chi connectivity index (χ4v) is 4.26. The normalized spacial score (nSPS) is 37.5. The van der Waals surface area contributed by atoms with E-state index in [-0.39, 0.29) is 5.54 Å². The number of likely N-dealkylation sites (tertiary alicyclic amines) is 1. The Labute approximate surface area is 124 Å². The summed E-state index contributed by atoms with van der Waals surface area (Å²) in [7, 11) is 2.30. The molecule has 0 amide bonds. The van der Waals surface area contributed by atoms with Crippen LogP contribution in [0.2, 0.25) is 0 Å². The molecule has 0 radical (unpaired) electrons. The van der Waals surface area contributed by atoms with Crippen molar-refractivity contribution in [1.29, 1.82) is 0 Å². The average Bonchev–Trinajstić information content (AvgIpc) is 2.45. The summed E-state index contributed by atoms with van der Waals surface area (Å²) in [6.07, 6.45) is 5.32. The quantitative estimate of drug-likeness (QED) is 0.852. The number of ether oxygens (including phenoxy) is 1. The molecule has 118 valence electrons. The van der Waals surface area contributed by atoms with E-state index in [1.165, 1.54) is 32.5 Å². The molecule has 2 unspecified atom stereocenters. The van der Waals surface area contributed by atoms with E-state index in [0.29, 0.717) is 18.2 Å². The number of hydrogen-bond acceptors (Lipinski definition) is 4. The van der Waals surface area contributed by atoms with Gasteiger partial charge in [0.25, 0.3) is 0 Å². The third-order valence-corrected chi connectivity index (χ3v) is 5.48. The molecular formula is C16H33N3O. The molecule has 0 aromatic rings. The van der Waals surface area contributed by atoms with Crippen LogP contribution in [0.25, 0.3) is 0 Å². The van der Waals surface area contributed by atoms with Crippen LogP contribution in [0, 0.1) is 0 Å². The second-order valence-corrected chi connectivity index (χ2v) is 6.87. The molecule has 2 aliphatic heterocycles. The molecule has 0 aliphatic carbocycles. The zero-order valence-electron chi connectivity index (χ0n) is 13.8. The molecule has 2 rings (SSSR count). The highest BCUT2D eigenvalue weighted by atomic mass is 16.5. The zero-order valence-corrected chi connectivity index (χ0v) is 13.8. The summed E-state index contributed by atoms with van der Waals surface area (Å²) in [4.78, 5) is 5.16. The van der Waals surface area contributed by atoms with E-state index in [9.17, 15) is 0 Å². The van der Waals surface area contributed by atoms with Gasteiger partial charge in [-0.3, -0.25) is 4.90 Å². The van der Waals surface area contributed by atoms with Crippen LogP contribution in [0.5, 0.6) is 0 Å². The molecule has 4 nitrogen and oxygen atoms in total. The molecule has 0 aromatic carbocycles. The van der Waals surface area contributed by atoms with E-state index in [1.807, 2.05) is 0 Å². The Balaban J connectivity index is 2.03. The topological polar surface area (TPSA) is 41.7 Å². The molecule has 2 N–H and O–H groups in total. The fourth-order valence-electron chi connectivity index (χ4n) is 4.26. The van der Waals surface area contributed by atoms with Gasteiger partial charge >= 0.3 is 0 Å². The maximum Gasteiger partial charge on any atom is 0.0568 e. The molecule has 2 atom stereocenters. The molecule has 2 heterocycles. The van der Waals surface area contributed by atoms with Crippen molar-refractivity contribution in [3.05, 3.63) is 0 Å². The van der Waals surface area contributed by atoms with Crippen molar-refractivity contribution in [3.8, 4) is 0 Å². The Morgan fingerprint density at radius 1 is 1.20 bits per heavy atom. The lowest BCUT2D eigenvalue weighted by atomic mass is 9.81. The van der Waals surface area contributed by atoms with Crippen molar-refractivity contribution in [2.45, 2.75) is 70.2 Å². The maximum absolute atomic E-state index is 6.22. The second kappa shape index (κ2) is 6.73.